The zero-order chi connectivity index (χ0) is 12.1. The molecule has 1 aromatic rings. The first-order chi connectivity index (χ1) is 7.54. The molecule has 0 aliphatic carbocycles. The van der Waals surface area contributed by atoms with Crippen LogP contribution < -0.4 is 5.73 Å². The summed E-state index contributed by atoms with van der Waals surface area (Å²) in [5.74, 6) is -0.513. The van der Waals surface area contributed by atoms with Crippen molar-refractivity contribution in [1.82, 2.24) is 0 Å². The second-order valence-electron chi connectivity index (χ2n) is 3.50. The summed E-state index contributed by atoms with van der Waals surface area (Å²) in [6, 6.07) is 4.50. The molecule has 1 rings (SSSR count). The van der Waals surface area contributed by atoms with E-state index in [0.717, 1.165) is 0 Å². The monoisotopic (exact) mass is 242 g/mol. The van der Waals surface area contributed by atoms with Crippen molar-refractivity contribution in [3.05, 3.63) is 29.6 Å². The molecular weight excluding hydrogens is 227 g/mol. The normalized spacial score (nSPS) is 12.4. The summed E-state index contributed by atoms with van der Waals surface area (Å²) >= 11 is 1.37. The first-order valence-corrected chi connectivity index (χ1v) is 5.84. The molecule has 1 atom stereocenters. The topological polar surface area (TPSA) is 70.1 Å². The molecule has 16 heavy (non-hydrogen) atoms. The SMILES string of the molecule is CC(CCO)Sc1ccc(C(=N)N)cc1F. The quantitative estimate of drug-likeness (QED) is 0.420. The molecule has 0 aliphatic rings. The van der Waals surface area contributed by atoms with E-state index in [1.165, 1.54) is 17.8 Å². The highest BCUT2D eigenvalue weighted by Gasteiger charge is 2.09. The first kappa shape index (κ1) is 13.0. The summed E-state index contributed by atoms with van der Waals surface area (Å²) in [5, 5.41) is 16.1. The van der Waals surface area contributed by atoms with Crippen molar-refractivity contribution in [3.63, 3.8) is 0 Å². The number of nitrogens with two attached hydrogens (primary N) is 1. The van der Waals surface area contributed by atoms with Crippen molar-refractivity contribution in [2.45, 2.75) is 23.5 Å². The Bertz CT molecular complexity index is 384. The summed E-state index contributed by atoms with van der Waals surface area (Å²) in [7, 11) is 0. The summed E-state index contributed by atoms with van der Waals surface area (Å²) < 4.78 is 13.6. The van der Waals surface area contributed by atoms with Crippen molar-refractivity contribution >= 4 is 17.6 Å². The Morgan fingerprint density at radius 3 is 2.81 bits per heavy atom. The maximum absolute atomic E-state index is 13.6. The van der Waals surface area contributed by atoms with Crippen molar-refractivity contribution in [3.8, 4) is 0 Å². The molecule has 4 N–H and O–H groups in total. The van der Waals surface area contributed by atoms with Crippen LogP contribution in [0.15, 0.2) is 23.1 Å². The van der Waals surface area contributed by atoms with Crippen LogP contribution in [0.3, 0.4) is 0 Å². The molecule has 0 heterocycles. The molecule has 0 saturated carbocycles. The maximum atomic E-state index is 13.6. The Labute approximate surface area is 98.4 Å². The van der Waals surface area contributed by atoms with Gasteiger partial charge in [0.2, 0.25) is 0 Å². The molecule has 0 saturated heterocycles. The molecule has 5 heteroatoms. The second kappa shape index (κ2) is 5.86. The largest absolute Gasteiger partial charge is 0.396 e. The van der Waals surface area contributed by atoms with Gasteiger partial charge in [-0.15, -0.1) is 11.8 Å². The molecule has 0 aromatic heterocycles. The Hall–Kier alpha value is -1.07. The zero-order valence-corrected chi connectivity index (χ0v) is 9.85. The lowest BCUT2D eigenvalue weighted by Gasteiger charge is -2.10. The molecule has 0 spiro atoms. The predicted octanol–water partition coefficient (Wildman–Crippen LogP) is 1.97. The summed E-state index contributed by atoms with van der Waals surface area (Å²) in [4.78, 5) is 0.519. The van der Waals surface area contributed by atoms with Crippen LogP contribution in [0.25, 0.3) is 0 Å². The maximum Gasteiger partial charge on any atom is 0.137 e. The molecule has 1 aromatic carbocycles. The third kappa shape index (κ3) is 3.50. The van der Waals surface area contributed by atoms with Crippen LogP contribution in [0.1, 0.15) is 18.9 Å². The highest BCUT2D eigenvalue weighted by atomic mass is 32.2. The number of hydrogen-bond donors (Lipinski definition) is 3. The molecule has 0 amide bonds. The molecule has 0 bridgehead atoms. The summed E-state index contributed by atoms with van der Waals surface area (Å²) in [6.45, 7) is 2.03. The minimum absolute atomic E-state index is 0.0985. The van der Waals surface area contributed by atoms with Crippen LogP contribution in [0, 0.1) is 11.2 Å². The van der Waals surface area contributed by atoms with Crippen molar-refractivity contribution < 1.29 is 9.50 Å². The number of halogens is 1. The number of nitrogen functional groups attached to an aromatic ring is 1. The molecule has 0 radical (unpaired) electrons. The first-order valence-electron chi connectivity index (χ1n) is 4.96. The van der Waals surface area contributed by atoms with Crippen LogP contribution in [0.4, 0.5) is 4.39 Å². The van der Waals surface area contributed by atoms with Gasteiger partial charge in [0.15, 0.2) is 0 Å². The molecule has 1 unspecified atom stereocenters. The lowest BCUT2D eigenvalue weighted by Crippen LogP contribution is -2.11. The van der Waals surface area contributed by atoms with E-state index in [-0.39, 0.29) is 23.5 Å². The van der Waals surface area contributed by atoms with E-state index in [4.69, 9.17) is 16.2 Å². The van der Waals surface area contributed by atoms with Gasteiger partial charge in [-0.05, 0) is 24.6 Å². The Balaban J connectivity index is 2.79. The molecule has 0 fully saturated rings. The van der Waals surface area contributed by atoms with E-state index >= 15 is 0 Å². The second-order valence-corrected chi connectivity index (χ2v) is 4.98. The fraction of sp³-hybridized carbons (Fsp3) is 0.364. The van der Waals surface area contributed by atoms with Crippen molar-refractivity contribution in [1.29, 1.82) is 5.41 Å². The standard InChI is InChI=1S/C11H15FN2OS/c1-7(4-5-15)16-10-3-2-8(11(13)14)6-9(10)12/h2-3,6-7,15H,4-5H2,1H3,(H3,13,14). The highest BCUT2D eigenvalue weighted by Crippen LogP contribution is 2.27. The minimum Gasteiger partial charge on any atom is -0.396 e. The van der Waals surface area contributed by atoms with Crippen LogP contribution in [0.2, 0.25) is 0 Å². The van der Waals surface area contributed by atoms with Crippen LogP contribution in [-0.4, -0.2) is 22.8 Å². The zero-order valence-electron chi connectivity index (χ0n) is 9.03. The third-order valence-corrected chi connectivity index (χ3v) is 3.33. The Kier molecular flexibility index (Phi) is 4.76. The van der Waals surface area contributed by atoms with Crippen LogP contribution in [0.5, 0.6) is 0 Å². The molecular formula is C11H15FN2OS. The number of thioether (sulfide) groups is 1. The number of nitrogens with one attached hydrogen (secondary N) is 1. The van der Waals surface area contributed by atoms with E-state index in [1.807, 2.05) is 6.92 Å². The van der Waals surface area contributed by atoms with Gasteiger partial charge in [-0.1, -0.05) is 6.92 Å². The fourth-order valence-corrected chi connectivity index (χ4v) is 2.20. The highest BCUT2D eigenvalue weighted by molar-refractivity contribution is 8.00. The van der Waals surface area contributed by atoms with E-state index < -0.39 is 0 Å². The van der Waals surface area contributed by atoms with E-state index in [0.29, 0.717) is 16.9 Å². The summed E-state index contributed by atoms with van der Waals surface area (Å²) in [5.41, 5.74) is 5.64. The van der Waals surface area contributed by atoms with Gasteiger partial charge in [0.05, 0.1) is 0 Å². The number of aliphatic hydroxyl groups is 1. The van der Waals surface area contributed by atoms with Crippen molar-refractivity contribution in [2.24, 2.45) is 5.73 Å². The van der Waals surface area contributed by atoms with Crippen LogP contribution >= 0.6 is 11.8 Å². The fourth-order valence-electron chi connectivity index (χ4n) is 1.22. The van der Waals surface area contributed by atoms with Gasteiger partial charge in [-0.25, -0.2) is 4.39 Å². The number of hydrogen-bond acceptors (Lipinski definition) is 3. The van der Waals surface area contributed by atoms with E-state index in [1.54, 1.807) is 12.1 Å². The van der Waals surface area contributed by atoms with E-state index in [9.17, 15) is 4.39 Å². The van der Waals surface area contributed by atoms with Crippen molar-refractivity contribution in [2.75, 3.05) is 6.61 Å². The Morgan fingerprint density at radius 1 is 1.62 bits per heavy atom. The molecule has 0 aliphatic heterocycles. The van der Waals surface area contributed by atoms with Crippen LogP contribution in [-0.2, 0) is 0 Å². The number of rotatable bonds is 5. The number of benzene rings is 1. The lowest BCUT2D eigenvalue weighted by molar-refractivity contribution is 0.289. The van der Waals surface area contributed by atoms with Gasteiger partial charge in [0.25, 0.3) is 0 Å². The average molecular weight is 242 g/mol. The minimum atomic E-state index is -0.373. The summed E-state index contributed by atoms with van der Waals surface area (Å²) in [6.07, 6.45) is 0.624. The average Bonchev–Trinajstić information content (AvgIpc) is 2.21. The van der Waals surface area contributed by atoms with E-state index in [2.05, 4.69) is 0 Å². The van der Waals surface area contributed by atoms with Gasteiger partial charge in [-0.3, -0.25) is 5.41 Å². The van der Waals surface area contributed by atoms with Gasteiger partial charge < -0.3 is 10.8 Å². The molecule has 3 nitrogen and oxygen atoms in total. The lowest BCUT2D eigenvalue weighted by atomic mass is 10.2. The number of amidine groups is 1. The van der Waals surface area contributed by atoms with Gasteiger partial charge in [0.1, 0.15) is 11.7 Å². The Morgan fingerprint density at radius 2 is 2.31 bits per heavy atom. The van der Waals surface area contributed by atoms with Gasteiger partial charge in [-0.2, -0.15) is 0 Å². The third-order valence-electron chi connectivity index (χ3n) is 2.11. The smallest absolute Gasteiger partial charge is 0.137 e. The van der Waals surface area contributed by atoms with Gasteiger partial charge in [0, 0.05) is 22.3 Å². The number of aliphatic hydroxyl groups excluding tert-OH is 1. The molecule has 88 valence electrons. The predicted molar refractivity (Wildman–Crippen MR) is 64.4 cm³/mol. The van der Waals surface area contributed by atoms with Gasteiger partial charge >= 0.3 is 0 Å².